The van der Waals surface area contributed by atoms with Gasteiger partial charge in [-0.3, -0.25) is 9.59 Å². The lowest BCUT2D eigenvalue weighted by Crippen LogP contribution is -2.23. The van der Waals surface area contributed by atoms with E-state index in [0.717, 1.165) is 42.1 Å². The van der Waals surface area contributed by atoms with Gasteiger partial charge >= 0.3 is 0 Å². The van der Waals surface area contributed by atoms with Gasteiger partial charge < -0.3 is 16.0 Å². The molecule has 1 heterocycles. The van der Waals surface area contributed by atoms with Crippen LogP contribution in [0.2, 0.25) is 0 Å². The van der Waals surface area contributed by atoms with Gasteiger partial charge in [0, 0.05) is 29.2 Å². The number of benzene rings is 1. The lowest BCUT2D eigenvalue weighted by atomic mass is 10.1. The van der Waals surface area contributed by atoms with Crippen molar-refractivity contribution >= 4 is 33.8 Å². The van der Waals surface area contributed by atoms with Gasteiger partial charge in [0.05, 0.1) is 5.56 Å². The van der Waals surface area contributed by atoms with Gasteiger partial charge in [-0.15, -0.1) is 11.3 Å². The van der Waals surface area contributed by atoms with Crippen molar-refractivity contribution in [2.24, 2.45) is 5.73 Å². The lowest BCUT2D eigenvalue weighted by molar-refractivity contribution is 0.100. The molecule has 0 aliphatic rings. The SMILES string of the molecule is CCCCN(CC)c1ccc(C(=O)Nc2sc(C)c(C)c2C(N)=O)cc1. The van der Waals surface area contributed by atoms with E-state index in [2.05, 4.69) is 24.1 Å². The molecule has 0 fully saturated rings. The van der Waals surface area contributed by atoms with Crippen LogP contribution in [0.25, 0.3) is 0 Å². The first-order valence-corrected chi connectivity index (χ1v) is 9.76. The number of nitrogens with two attached hydrogens (primary N) is 1. The minimum atomic E-state index is -0.521. The molecule has 1 aromatic carbocycles. The van der Waals surface area contributed by atoms with Crippen molar-refractivity contribution in [2.45, 2.75) is 40.5 Å². The highest BCUT2D eigenvalue weighted by atomic mass is 32.1. The van der Waals surface area contributed by atoms with E-state index in [9.17, 15) is 9.59 Å². The zero-order valence-corrected chi connectivity index (χ0v) is 16.7. The maximum atomic E-state index is 12.6. The van der Waals surface area contributed by atoms with Crippen molar-refractivity contribution in [3.8, 4) is 0 Å². The summed E-state index contributed by atoms with van der Waals surface area (Å²) in [6.07, 6.45) is 2.29. The average Bonchev–Trinajstić information content (AvgIpc) is 2.90. The van der Waals surface area contributed by atoms with E-state index in [4.69, 9.17) is 5.73 Å². The van der Waals surface area contributed by atoms with E-state index in [1.807, 2.05) is 38.1 Å². The van der Waals surface area contributed by atoms with E-state index >= 15 is 0 Å². The topological polar surface area (TPSA) is 75.4 Å². The summed E-state index contributed by atoms with van der Waals surface area (Å²) >= 11 is 1.37. The molecule has 0 atom stereocenters. The Morgan fingerprint density at radius 1 is 1.15 bits per heavy atom. The van der Waals surface area contributed by atoms with Gasteiger partial charge in [0.25, 0.3) is 11.8 Å². The Kier molecular flexibility index (Phi) is 6.80. The molecular weight excluding hydrogens is 346 g/mol. The fourth-order valence-electron chi connectivity index (χ4n) is 2.83. The number of unbranched alkanes of at least 4 members (excludes halogenated alkanes) is 1. The molecule has 0 spiro atoms. The number of rotatable bonds is 8. The quantitative estimate of drug-likeness (QED) is 0.722. The zero-order valence-electron chi connectivity index (χ0n) is 15.9. The number of aryl methyl sites for hydroxylation is 1. The van der Waals surface area contributed by atoms with Crippen LogP contribution in [-0.4, -0.2) is 24.9 Å². The molecule has 5 nitrogen and oxygen atoms in total. The minimum Gasteiger partial charge on any atom is -0.372 e. The Morgan fingerprint density at radius 2 is 1.81 bits per heavy atom. The standard InChI is InChI=1S/C20H27N3O2S/c1-5-7-12-23(6-2)16-10-8-15(9-11-16)19(25)22-20-17(18(21)24)13(3)14(4)26-20/h8-11H,5-7,12H2,1-4H3,(H2,21,24)(H,22,25). The van der Waals surface area contributed by atoms with Crippen LogP contribution in [0.1, 0.15) is 57.8 Å². The Labute approximate surface area is 159 Å². The van der Waals surface area contributed by atoms with Gasteiger partial charge in [-0.05, 0) is 57.0 Å². The summed E-state index contributed by atoms with van der Waals surface area (Å²) in [6.45, 7) is 9.99. The molecule has 2 aromatic rings. The molecule has 1 aromatic heterocycles. The van der Waals surface area contributed by atoms with E-state index < -0.39 is 5.91 Å². The fourth-order valence-corrected chi connectivity index (χ4v) is 3.89. The number of hydrogen-bond acceptors (Lipinski definition) is 4. The molecule has 0 saturated heterocycles. The van der Waals surface area contributed by atoms with E-state index in [1.165, 1.54) is 11.3 Å². The van der Waals surface area contributed by atoms with Crippen molar-refractivity contribution in [2.75, 3.05) is 23.3 Å². The average molecular weight is 374 g/mol. The van der Waals surface area contributed by atoms with E-state index in [0.29, 0.717) is 16.1 Å². The molecule has 0 saturated carbocycles. The second-order valence-electron chi connectivity index (χ2n) is 6.29. The lowest BCUT2D eigenvalue weighted by Gasteiger charge is -2.23. The van der Waals surface area contributed by atoms with Crippen molar-refractivity contribution in [1.82, 2.24) is 0 Å². The van der Waals surface area contributed by atoms with Gasteiger partial charge in [0.2, 0.25) is 0 Å². The third-order valence-corrected chi connectivity index (χ3v) is 5.64. The van der Waals surface area contributed by atoms with Crippen LogP contribution in [0.3, 0.4) is 0 Å². The van der Waals surface area contributed by atoms with E-state index in [1.54, 1.807) is 0 Å². The monoisotopic (exact) mass is 373 g/mol. The molecule has 2 rings (SSSR count). The van der Waals surface area contributed by atoms with Crippen molar-refractivity contribution < 1.29 is 9.59 Å². The number of amides is 2. The predicted molar refractivity (Wildman–Crippen MR) is 110 cm³/mol. The number of nitrogens with one attached hydrogen (secondary N) is 1. The minimum absolute atomic E-state index is 0.239. The van der Waals surface area contributed by atoms with Gasteiger partial charge in [-0.1, -0.05) is 13.3 Å². The zero-order chi connectivity index (χ0) is 19.3. The number of carbonyl (C=O) groups is 2. The predicted octanol–water partition coefficient (Wildman–Crippen LogP) is 4.34. The normalized spacial score (nSPS) is 10.6. The van der Waals surface area contributed by atoms with Crippen LogP contribution in [0.4, 0.5) is 10.7 Å². The Bertz CT molecular complexity index is 781. The molecule has 3 N–H and O–H groups in total. The summed E-state index contributed by atoms with van der Waals surface area (Å²) in [5.74, 6) is -0.760. The number of carbonyl (C=O) groups excluding carboxylic acids is 2. The highest BCUT2D eigenvalue weighted by molar-refractivity contribution is 7.16. The molecule has 140 valence electrons. The molecular formula is C20H27N3O2S. The van der Waals surface area contributed by atoms with Crippen LogP contribution in [0.15, 0.2) is 24.3 Å². The Hall–Kier alpha value is -2.34. The van der Waals surface area contributed by atoms with Crippen molar-refractivity contribution in [3.05, 3.63) is 45.8 Å². The first-order valence-electron chi connectivity index (χ1n) is 8.95. The molecule has 0 bridgehead atoms. The Morgan fingerprint density at radius 3 is 2.35 bits per heavy atom. The van der Waals surface area contributed by atoms with Gasteiger partial charge in [-0.25, -0.2) is 0 Å². The third kappa shape index (κ3) is 4.43. The summed E-state index contributed by atoms with van der Waals surface area (Å²) in [5, 5.41) is 3.35. The molecule has 0 aliphatic carbocycles. The highest BCUT2D eigenvalue weighted by Gasteiger charge is 2.19. The number of nitrogens with zero attached hydrogens (tertiary/aromatic N) is 1. The Balaban J connectivity index is 2.16. The van der Waals surface area contributed by atoms with Crippen LogP contribution < -0.4 is 16.0 Å². The second-order valence-corrected chi connectivity index (χ2v) is 7.51. The molecule has 0 unspecified atom stereocenters. The number of thiophene rings is 1. The number of hydrogen-bond donors (Lipinski definition) is 2. The van der Waals surface area contributed by atoms with Crippen molar-refractivity contribution in [3.63, 3.8) is 0 Å². The first-order chi connectivity index (χ1) is 12.4. The van der Waals surface area contributed by atoms with Crippen LogP contribution in [0.5, 0.6) is 0 Å². The summed E-state index contributed by atoms with van der Waals surface area (Å²) in [7, 11) is 0. The van der Waals surface area contributed by atoms with Crippen LogP contribution in [0, 0.1) is 13.8 Å². The smallest absolute Gasteiger partial charge is 0.256 e. The molecule has 2 amide bonds. The molecule has 6 heteroatoms. The van der Waals surface area contributed by atoms with Crippen LogP contribution in [-0.2, 0) is 0 Å². The maximum absolute atomic E-state index is 12.6. The first kappa shape index (κ1) is 20.0. The molecule has 0 radical (unpaired) electrons. The number of anilines is 2. The maximum Gasteiger partial charge on any atom is 0.256 e. The summed E-state index contributed by atoms with van der Waals surface area (Å²) in [6, 6.07) is 7.56. The van der Waals surface area contributed by atoms with Crippen LogP contribution >= 0.6 is 11.3 Å². The van der Waals surface area contributed by atoms with E-state index in [-0.39, 0.29) is 5.91 Å². The second kappa shape index (κ2) is 8.85. The number of primary amides is 1. The third-order valence-electron chi connectivity index (χ3n) is 4.52. The van der Waals surface area contributed by atoms with Gasteiger partial charge in [0.1, 0.15) is 5.00 Å². The summed E-state index contributed by atoms with van der Waals surface area (Å²) < 4.78 is 0. The fraction of sp³-hybridized carbons (Fsp3) is 0.400. The molecule has 0 aliphatic heterocycles. The highest BCUT2D eigenvalue weighted by Crippen LogP contribution is 2.32. The van der Waals surface area contributed by atoms with Gasteiger partial charge in [0.15, 0.2) is 0 Å². The van der Waals surface area contributed by atoms with Gasteiger partial charge in [-0.2, -0.15) is 0 Å². The molecule has 26 heavy (non-hydrogen) atoms. The summed E-state index contributed by atoms with van der Waals surface area (Å²) in [5.41, 5.74) is 8.35. The summed E-state index contributed by atoms with van der Waals surface area (Å²) in [4.78, 5) is 27.5. The largest absolute Gasteiger partial charge is 0.372 e. The van der Waals surface area contributed by atoms with Crippen molar-refractivity contribution in [1.29, 1.82) is 0 Å².